The number of hydrogen-bond acceptors (Lipinski definition) is 2. The molecule has 0 radical (unpaired) electrons. The van der Waals surface area contributed by atoms with Gasteiger partial charge in [0.15, 0.2) is 0 Å². The third-order valence-electron chi connectivity index (χ3n) is 2.25. The minimum absolute atomic E-state index is 0.741. The largest absolute Gasteiger partial charge is 0.397 e. The molecule has 0 aliphatic rings. The quantitative estimate of drug-likeness (QED) is 0.806. The van der Waals surface area contributed by atoms with Crippen molar-refractivity contribution in [3.8, 4) is 5.69 Å². The van der Waals surface area contributed by atoms with Crippen molar-refractivity contribution in [1.82, 2.24) is 9.55 Å². The Hall–Kier alpha value is -1.29. The molecule has 15 heavy (non-hydrogen) atoms. The predicted molar refractivity (Wildman–Crippen MR) is 65.2 cm³/mol. The predicted octanol–water partition coefficient (Wildman–Crippen LogP) is 2.83. The standard InChI is InChI=1S/C11H12BrN3/c1-7-6-15(8(2)14-7)11-4-3-9(12)5-10(11)13/h3-6H,13H2,1-2H3. The van der Waals surface area contributed by atoms with E-state index >= 15 is 0 Å². The van der Waals surface area contributed by atoms with Crippen LogP contribution in [0.3, 0.4) is 0 Å². The highest BCUT2D eigenvalue weighted by Gasteiger charge is 2.06. The van der Waals surface area contributed by atoms with E-state index in [4.69, 9.17) is 5.73 Å². The number of rotatable bonds is 1. The van der Waals surface area contributed by atoms with Gasteiger partial charge in [0, 0.05) is 10.7 Å². The maximum atomic E-state index is 5.95. The normalized spacial score (nSPS) is 10.6. The Morgan fingerprint density at radius 3 is 2.60 bits per heavy atom. The SMILES string of the molecule is Cc1cn(-c2ccc(Br)cc2N)c(C)n1. The summed E-state index contributed by atoms with van der Waals surface area (Å²) in [5.74, 6) is 0.946. The lowest BCUT2D eigenvalue weighted by atomic mass is 10.2. The summed E-state index contributed by atoms with van der Waals surface area (Å²) >= 11 is 3.39. The topological polar surface area (TPSA) is 43.8 Å². The second kappa shape index (κ2) is 3.70. The zero-order valence-corrected chi connectivity index (χ0v) is 10.2. The van der Waals surface area contributed by atoms with Gasteiger partial charge < -0.3 is 10.3 Å². The van der Waals surface area contributed by atoms with E-state index in [2.05, 4.69) is 20.9 Å². The number of hydrogen-bond donors (Lipinski definition) is 1. The molecule has 78 valence electrons. The molecule has 0 amide bonds. The molecule has 0 saturated heterocycles. The zero-order valence-electron chi connectivity index (χ0n) is 8.66. The molecule has 2 aromatic rings. The fourth-order valence-electron chi connectivity index (χ4n) is 1.61. The van der Waals surface area contributed by atoms with Crippen LogP contribution >= 0.6 is 15.9 Å². The lowest BCUT2D eigenvalue weighted by molar-refractivity contribution is 0.976. The molecule has 0 saturated carbocycles. The Morgan fingerprint density at radius 1 is 1.33 bits per heavy atom. The first-order valence-electron chi connectivity index (χ1n) is 4.66. The fourth-order valence-corrected chi connectivity index (χ4v) is 1.99. The zero-order chi connectivity index (χ0) is 11.0. The van der Waals surface area contributed by atoms with E-state index in [0.29, 0.717) is 0 Å². The summed E-state index contributed by atoms with van der Waals surface area (Å²) < 4.78 is 2.98. The Bertz CT molecular complexity index is 503. The van der Waals surface area contributed by atoms with Crippen LogP contribution in [0.25, 0.3) is 5.69 Å². The summed E-state index contributed by atoms with van der Waals surface area (Å²) in [5, 5.41) is 0. The van der Waals surface area contributed by atoms with Gasteiger partial charge in [-0.25, -0.2) is 4.98 Å². The highest BCUT2D eigenvalue weighted by atomic mass is 79.9. The molecule has 0 atom stereocenters. The van der Waals surface area contributed by atoms with E-state index in [1.807, 2.05) is 42.8 Å². The summed E-state index contributed by atoms with van der Waals surface area (Å²) in [7, 11) is 0. The number of aryl methyl sites for hydroxylation is 2. The average molecular weight is 266 g/mol. The summed E-state index contributed by atoms with van der Waals surface area (Å²) in [6.07, 6.45) is 1.98. The maximum absolute atomic E-state index is 5.95. The van der Waals surface area contributed by atoms with Gasteiger partial charge in [0.25, 0.3) is 0 Å². The molecular formula is C11H12BrN3. The molecule has 0 aliphatic heterocycles. The highest BCUT2D eigenvalue weighted by molar-refractivity contribution is 9.10. The van der Waals surface area contributed by atoms with E-state index in [1.54, 1.807) is 0 Å². The summed E-state index contributed by atoms with van der Waals surface area (Å²) in [5.41, 5.74) is 8.66. The number of halogens is 1. The maximum Gasteiger partial charge on any atom is 0.110 e. The second-order valence-corrected chi connectivity index (χ2v) is 4.42. The Balaban J connectivity index is 2.59. The molecule has 3 nitrogen and oxygen atoms in total. The first-order valence-corrected chi connectivity index (χ1v) is 5.45. The molecule has 1 aromatic heterocycles. The van der Waals surface area contributed by atoms with Gasteiger partial charge in [0.1, 0.15) is 5.82 Å². The van der Waals surface area contributed by atoms with Gasteiger partial charge in [0.05, 0.1) is 17.1 Å². The molecule has 1 aromatic carbocycles. The Morgan fingerprint density at radius 2 is 2.07 bits per heavy atom. The van der Waals surface area contributed by atoms with Crippen molar-refractivity contribution in [2.45, 2.75) is 13.8 Å². The monoisotopic (exact) mass is 265 g/mol. The van der Waals surface area contributed by atoms with Crippen molar-refractivity contribution in [3.05, 3.63) is 40.4 Å². The summed E-state index contributed by atoms with van der Waals surface area (Å²) in [6.45, 7) is 3.94. The van der Waals surface area contributed by atoms with Gasteiger partial charge in [-0.2, -0.15) is 0 Å². The third kappa shape index (κ3) is 1.90. The highest BCUT2D eigenvalue weighted by Crippen LogP contribution is 2.23. The van der Waals surface area contributed by atoms with Crippen LogP contribution in [0, 0.1) is 13.8 Å². The van der Waals surface area contributed by atoms with Crippen molar-refractivity contribution in [2.75, 3.05) is 5.73 Å². The smallest absolute Gasteiger partial charge is 0.110 e. The number of nitrogen functional groups attached to an aromatic ring is 1. The van der Waals surface area contributed by atoms with Gasteiger partial charge in [0.2, 0.25) is 0 Å². The summed E-state index contributed by atoms with van der Waals surface area (Å²) in [6, 6.07) is 5.85. The van der Waals surface area contributed by atoms with Gasteiger partial charge in [-0.15, -0.1) is 0 Å². The van der Waals surface area contributed by atoms with Crippen LogP contribution in [-0.4, -0.2) is 9.55 Å². The van der Waals surface area contributed by atoms with Crippen molar-refractivity contribution in [3.63, 3.8) is 0 Å². The number of anilines is 1. The van der Waals surface area contributed by atoms with Crippen molar-refractivity contribution in [1.29, 1.82) is 0 Å². The molecular weight excluding hydrogens is 254 g/mol. The van der Waals surface area contributed by atoms with Crippen molar-refractivity contribution >= 4 is 21.6 Å². The lowest BCUT2D eigenvalue weighted by Crippen LogP contribution is -2.00. The average Bonchev–Trinajstić information content (AvgIpc) is 2.45. The number of benzene rings is 1. The van der Waals surface area contributed by atoms with Crippen LogP contribution < -0.4 is 5.73 Å². The molecule has 4 heteroatoms. The molecule has 0 spiro atoms. The molecule has 1 heterocycles. The van der Waals surface area contributed by atoms with Crippen molar-refractivity contribution < 1.29 is 0 Å². The molecule has 0 fully saturated rings. The van der Waals surface area contributed by atoms with E-state index < -0.39 is 0 Å². The minimum Gasteiger partial charge on any atom is -0.397 e. The van der Waals surface area contributed by atoms with Gasteiger partial charge in [-0.1, -0.05) is 15.9 Å². The van der Waals surface area contributed by atoms with Gasteiger partial charge in [-0.05, 0) is 32.0 Å². The van der Waals surface area contributed by atoms with Gasteiger partial charge in [-0.3, -0.25) is 0 Å². The third-order valence-corrected chi connectivity index (χ3v) is 2.75. The summed E-state index contributed by atoms with van der Waals surface area (Å²) in [4.78, 5) is 4.35. The van der Waals surface area contributed by atoms with E-state index in [0.717, 1.165) is 27.4 Å². The number of imidazole rings is 1. The minimum atomic E-state index is 0.741. The molecule has 0 unspecified atom stereocenters. The molecule has 2 N–H and O–H groups in total. The van der Waals surface area contributed by atoms with Crippen LogP contribution in [0.15, 0.2) is 28.9 Å². The molecule has 0 bridgehead atoms. The van der Waals surface area contributed by atoms with Crippen molar-refractivity contribution in [2.24, 2.45) is 0 Å². The van der Waals surface area contributed by atoms with Gasteiger partial charge >= 0.3 is 0 Å². The van der Waals surface area contributed by atoms with Crippen LogP contribution in [0.1, 0.15) is 11.5 Å². The second-order valence-electron chi connectivity index (χ2n) is 3.50. The van der Waals surface area contributed by atoms with Crippen LogP contribution in [0.4, 0.5) is 5.69 Å². The van der Waals surface area contributed by atoms with E-state index in [1.165, 1.54) is 0 Å². The number of nitrogens with zero attached hydrogens (tertiary/aromatic N) is 2. The fraction of sp³-hybridized carbons (Fsp3) is 0.182. The Labute approximate surface area is 97.1 Å². The van der Waals surface area contributed by atoms with E-state index in [-0.39, 0.29) is 0 Å². The lowest BCUT2D eigenvalue weighted by Gasteiger charge is -2.08. The Kier molecular flexibility index (Phi) is 2.52. The van der Waals surface area contributed by atoms with Crippen LogP contribution in [0.2, 0.25) is 0 Å². The number of nitrogens with two attached hydrogens (primary N) is 1. The number of aromatic nitrogens is 2. The first-order chi connectivity index (χ1) is 7.08. The van der Waals surface area contributed by atoms with Crippen LogP contribution in [-0.2, 0) is 0 Å². The molecule has 2 rings (SSSR count). The molecule has 0 aliphatic carbocycles. The first kappa shape index (κ1) is 10.2. The van der Waals surface area contributed by atoms with Crippen LogP contribution in [0.5, 0.6) is 0 Å². The van der Waals surface area contributed by atoms with E-state index in [9.17, 15) is 0 Å².